The van der Waals surface area contributed by atoms with Gasteiger partial charge in [0.2, 0.25) is 0 Å². The molecule has 0 fully saturated rings. The van der Waals surface area contributed by atoms with Gasteiger partial charge < -0.3 is 0 Å². The highest BCUT2D eigenvalue weighted by Gasteiger charge is 1.96. The molecule has 0 atom stereocenters. The van der Waals surface area contributed by atoms with Crippen LogP contribution in [0.4, 0.5) is 0 Å². The monoisotopic (exact) mass is 239 g/mol. The number of nitrogens with zero attached hydrogens (tertiary/aromatic N) is 1. The van der Waals surface area contributed by atoms with Crippen molar-refractivity contribution in [2.45, 2.75) is 0 Å². The van der Waals surface area contributed by atoms with E-state index in [1.807, 2.05) is 54.6 Å². The van der Waals surface area contributed by atoms with E-state index in [9.17, 15) is 0 Å². The first-order valence-corrected chi connectivity index (χ1v) is 5.59. The van der Waals surface area contributed by atoms with Crippen LogP contribution in [0.25, 0.3) is 17.2 Å². The number of allylic oxidation sites excluding steroid dienone is 1. The van der Waals surface area contributed by atoms with Gasteiger partial charge in [-0.1, -0.05) is 48.0 Å². The summed E-state index contributed by atoms with van der Waals surface area (Å²) in [4.78, 5) is 0. The highest BCUT2D eigenvalue weighted by Crippen LogP contribution is 2.22. The number of hydrogen-bond donors (Lipinski definition) is 0. The van der Waals surface area contributed by atoms with E-state index in [2.05, 4.69) is 0 Å². The molecule has 0 spiro atoms. The van der Waals surface area contributed by atoms with E-state index in [0.717, 1.165) is 21.7 Å². The summed E-state index contributed by atoms with van der Waals surface area (Å²) in [6, 6.07) is 17.7. The Kier molecular flexibility index (Phi) is 3.59. The molecule has 2 heteroatoms. The quantitative estimate of drug-likeness (QED) is 0.706. The van der Waals surface area contributed by atoms with E-state index in [-0.39, 0.29) is 0 Å². The maximum Gasteiger partial charge on any atom is 0.0912 e. The molecule has 17 heavy (non-hydrogen) atoms. The third-order valence-corrected chi connectivity index (χ3v) is 2.69. The largest absolute Gasteiger partial charge is 0.193 e. The Balaban J connectivity index is 2.26. The normalized spacial score (nSPS) is 10.4. The molecule has 0 heterocycles. The van der Waals surface area contributed by atoms with Crippen LogP contribution < -0.4 is 0 Å². The van der Waals surface area contributed by atoms with Gasteiger partial charge >= 0.3 is 0 Å². The van der Waals surface area contributed by atoms with Crippen molar-refractivity contribution in [2.75, 3.05) is 0 Å². The average molecular weight is 240 g/mol. The molecule has 0 saturated carbocycles. The molecule has 0 aromatic heterocycles. The van der Waals surface area contributed by atoms with Gasteiger partial charge in [-0.25, -0.2) is 0 Å². The maximum absolute atomic E-state index is 8.44. The molecule has 1 nitrogen and oxygen atoms in total. The number of benzene rings is 2. The number of rotatable bonds is 2. The van der Waals surface area contributed by atoms with Crippen LogP contribution in [0, 0.1) is 11.3 Å². The summed E-state index contributed by atoms with van der Waals surface area (Å²) in [5.74, 6) is 0. The second-order valence-corrected chi connectivity index (χ2v) is 4.03. The van der Waals surface area contributed by atoms with Crippen molar-refractivity contribution in [1.82, 2.24) is 0 Å². The highest BCUT2D eigenvalue weighted by atomic mass is 35.5. The lowest BCUT2D eigenvalue weighted by molar-refractivity contribution is 1.53. The highest BCUT2D eigenvalue weighted by molar-refractivity contribution is 6.30. The second-order valence-electron chi connectivity index (χ2n) is 3.59. The topological polar surface area (TPSA) is 23.8 Å². The van der Waals surface area contributed by atoms with Crippen molar-refractivity contribution < 1.29 is 0 Å². The van der Waals surface area contributed by atoms with Crippen LogP contribution in [0.2, 0.25) is 5.02 Å². The SMILES string of the molecule is N#CC=Cc1ccc(-c2ccc(Cl)cc2)cc1. The lowest BCUT2D eigenvalue weighted by Crippen LogP contribution is -1.78. The summed E-state index contributed by atoms with van der Waals surface area (Å²) in [5, 5.41) is 9.18. The van der Waals surface area contributed by atoms with Crippen molar-refractivity contribution in [3.8, 4) is 17.2 Å². The van der Waals surface area contributed by atoms with Crippen molar-refractivity contribution in [3.05, 3.63) is 65.2 Å². The molecule has 2 aromatic carbocycles. The molecule has 0 amide bonds. The Labute approximate surface area is 106 Å². The summed E-state index contributed by atoms with van der Waals surface area (Å²) < 4.78 is 0. The minimum absolute atomic E-state index is 0.738. The smallest absolute Gasteiger partial charge is 0.0912 e. The molecule has 82 valence electrons. The lowest BCUT2D eigenvalue weighted by atomic mass is 10.0. The minimum Gasteiger partial charge on any atom is -0.193 e. The van der Waals surface area contributed by atoms with E-state index < -0.39 is 0 Å². The molecule has 0 bridgehead atoms. The molecule has 0 aliphatic heterocycles. The summed E-state index contributed by atoms with van der Waals surface area (Å²) in [5.41, 5.74) is 3.28. The molecular weight excluding hydrogens is 230 g/mol. The van der Waals surface area contributed by atoms with Gasteiger partial charge in [0, 0.05) is 11.1 Å². The molecule has 0 aliphatic carbocycles. The van der Waals surface area contributed by atoms with Gasteiger partial charge in [0.05, 0.1) is 6.07 Å². The summed E-state index contributed by atoms with van der Waals surface area (Å²) in [6.07, 6.45) is 3.25. The Hall–Kier alpha value is -2.04. The molecule has 0 radical (unpaired) electrons. The van der Waals surface area contributed by atoms with Gasteiger partial charge in [-0.15, -0.1) is 0 Å². The molecule has 0 saturated heterocycles. The van der Waals surface area contributed by atoms with E-state index in [1.54, 1.807) is 6.08 Å². The fraction of sp³-hybridized carbons (Fsp3) is 0. The standard InChI is InChI=1S/C15H10ClN/c16-15-9-7-14(8-10-15)13-5-3-12(4-6-13)2-1-11-17/h1-10H. The molecule has 0 aliphatic rings. The Morgan fingerprint density at radius 1 is 0.882 bits per heavy atom. The number of halogens is 1. The van der Waals surface area contributed by atoms with Crippen molar-refractivity contribution in [3.63, 3.8) is 0 Å². The maximum atomic E-state index is 8.44. The van der Waals surface area contributed by atoms with Crippen molar-refractivity contribution in [2.24, 2.45) is 0 Å². The predicted octanol–water partition coefficient (Wildman–Crippen LogP) is 4.54. The van der Waals surface area contributed by atoms with Gasteiger partial charge in [-0.2, -0.15) is 5.26 Å². The van der Waals surface area contributed by atoms with Gasteiger partial charge in [0.25, 0.3) is 0 Å². The summed E-state index contributed by atoms with van der Waals surface area (Å²) >= 11 is 5.84. The van der Waals surface area contributed by atoms with E-state index in [1.165, 1.54) is 6.08 Å². The van der Waals surface area contributed by atoms with Crippen LogP contribution in [-0.2, 0) is 0 Å². The Morgan fingerprint density at radius 3 is 1.94 bits per heavy atom. The van der Waals surface area contributed by atoms with E-state index in [4.69, 9.17) is 16.9 Å². The second kappa shape index (κ2) is 5.34. The number of nitriles is 1. The minimum atomic E-state index is 0.738. The molecule has 0 N–H and O–H groups in total. The first-order chi connectivity index (χ1) is 8.29. The van der Waals surface area contributed by atoms with Crippen LogP contribution >= 0.6 is 11.6 Å². The third kappa shape index (κ3) is 2.96. The summed E-state index contributed by atoms with van der Waals surface area (Å²) in [7, 11) is 0. The van der Waals surface area contributed by atoms with Gasteiger partial charge in [-0.05, 0) is 34.9 Å². The van der Waals surface area contributed by atoms with Crippen molar-refractivity contribution >= 4 is 17.7 Å². The first-order valence-electron chi connectivity index (χ1n) is 5.22. The van der Waals surface area contributed by atoms with Crippen LogP contribution in [0.1, 0.15) is 5.56 Å². The predicted molar refractivity (Wildman–Crippen MR) is 71.5 cm³/mol. The number of hydrogen-bond acceptors (Lipinski definition) is 1. The summed E-state index contributed by atoms with van der Waals surface area (Å²) in [6.45, 7) is 0. The van der Waals surface area contributed by atoms with E-state index >= 15 is 0 Å². The van der Waals surface area contributed by atoms with Crippen LogP contribution in [0.3, 0.4) is 0 Å². The van der Waals surface area contributed by atoms with Crippen LogP contribution in [0.5, 0.6) is 0 Å². The third-order valence-electron chi connectivity index (χ3n) is 2.44. The zero-order valence-electron chi connectivity index (χ0n) is 9.10. The fourth-order valence-corrected chi connectivity index (χ4v) is 1.69. The van der Waals surface area contributed by atoms with E-state index in [0.29, 0.717) is 0 Å². The fourth-order valence-electron chi connectivity index (χ4n) is 1.56. The molecule has 2 aromatic rings. The molecule has 0 unspecified atom stereocenters. The van der Waals surface area contributed by atoms with Gasteiger partial charge in [0.15, 0.2) is 0 Å². The Bertz CT molecular complexity index is 559. The van der Waals surface area contributed by atoms with Gasteiger partial charge in [0.1, 0.15) is 0 Å². The lowest BCUT2D eigenvalue weighted by Gasteiger charge is -2.02. The van der Waals surface area contributed by atoms with Crippen LogP contribution in [0.15, 0.2) is 54.6 Å². The van der Waals surface area contributed by atoms with Crippen molar-refractivity contribution in [1.29, 1.82) is 5.26 Å². The zero-order chi connectivity index (χ0) is 12.1. The Morgan fingerprint density at radius 2 is 1.41 bits per heavy atom. The molecular formula is C15H10ClN. The molecule has 2 rings (SSSR count). The van der Waals surface area contributed by atoms with Crippen LogP contribution in [-0.4, -0.2) is 0 Å². The first kappa shape index (κ1) is 11.4. The van der Waals surface area contributed by atoms with Gasteiger partial charge in [-0.3, -0.25) is 0 Å². The zero-order valence-corrected chi connectivity index (χ0v) is 9.85. The average Bonchev–Trinajstić information content (AvgIpc) is 2.38.